The number of rotatable bonds is 4. The largest absolute Gasteiger partial charge is 0.495 e. The van der Waals surface area contributed by atoms with Crippen molar-refractivity contribution >= 4 is 23.6 Å². The minimum atomic E-state index is -0.526. The molecule has 0 saturated carbocycles. The van der Waals surface area contributed by atoms with Crippen molar-refractivity contribution in [3.63, 3.8) is 0 Å². The van der Waals surface area contributed by atoms with E-state index in [1.807, 2.05) is 60.4 Å². The molecule has 0 bridgehead atoms. The first-order chi connectivity index (χ1) is 15.0. The first-order valence-electron chi connectivity index (χ1n) is 10.4. The Morgan fingerprint density at radius 2 is 1.81 bits per heavy atom. The summed E-state index contributed by atoms with van der Waals surface area (Å²) in [5, 5.41) is 0. The van der Waals surface area contributed by atoms with Gasteiger partial charge in [-0.05, 0) is 24.6 Å². The third kappa shape index (κ3) is 3.01. The van der Waals surface area contributed by atoms with E-state index in [2.05, 4.69) is 4.90 Å². The van der Waals surface area contributed by atoms with E-state index < -0.39 is 12.2 Å². The molecule has 5 rings (SSSR count). The molecule has 8 heteroatoms. The SMILES string of the molecule is COc1ccccc1N1CCN2C1=NC1C2C(=O)N(Cc2ccc(C)cc2)C(=O)N1C. The van der Waals surface area contributed by atoms with Crippen LogP contribution in [-0.4, -0.2) is 72.1 Å². The Bertz CT molecular complexity index is 1070. The molecule has 0 aromatic heterocycles. The Labute approximate surface area is 181 Å². The van der Waals surface area contributed by atoms with E-state index in [0.29, 0.717) is 19.0 Å². The zero-order valence-corrected chi connectivity index (χ0v) is 17.9. The molecule has 2 unspecified atom stereocenters. The van der Waals surface area contributed by atoms with Crippen LogP contribution in [-0.2, 0) is 11.3 Å². The van der Waals surface area contributed by atoms with Gasteiger partial charge in [-0.25, -0.2) is 9.79 Å². The summed E-state index contributed by atoms with van der Waals surface area (Å²) in [4.78, 5) is 38.3. The van der Waals surface area contributed by atoms with Crippen LogP contribution in [0.4, 0.5) is 10.5 Å². The van der Waals surface area contributed by atoms with Crippen LogP contribution in [0.3, 0.4) is 0 Å². The number of guanidine groups is 1. The van der Waals surface area contributed by atoms with Gasteiger partial charge in [0.1, 0.15) is 5.75 Å². The van der Waals surface area contributed by atoms with Gasteiger partial charge < -0.3 is 19.4 Å². The topological polar surface area (TPSA) is 68.7 Å². The zero-order valence-electron chi connectivity index (χ0n) is 17.9. The normalized spacial score (nSPS) is 22.6. The Kier molecular flexibility index (Phi) is 4.57. The Balaban J connectivity index is 1.44. The second kappa shape index (κ2) is 7.30. The first-order valence-corrected chi connectivity index (χ1v) is 10.4. The highest BCUT2D eigenvalue weighted by Crippen LogP contribution is 2.36. The molecule has 2 aromatic carbocycles. The predicted molar refractivity (Wildman–Crippen MR) is 117 cm³/mol. The maximum atomic E-state index is 13.5. The van der Waals surface area contributed by atoms with E-state index in [1.54, 1.807) is 19.1 Å². The van der Waals surface area contributed by atoms with Gasteiger partial charge in [-0.3, -0.25) is 9.69 Å². The molecule has 0 radical (unpaired) electrons. The summed E-state index contributed by atoms with van der Waals surface area (Å²) in [6.07, 6.45) is -0.526. The van der Waals surface area contributed by atoms with E-state index in [-0.39, 0.29) is 18.5 Å². The van der Waals surface area contributed by atoms with Crippen LogP contribution in [0.25, 0.3) is 0 Å². The molecular formula is C23H25N5O3. The lowest BCUT2D eigenvalue weighted by Crippen LogP contribution is -2.64. The van der Waals surface area contributed by atoms with Gasteiger partial charge in [-0.15, -0.1) is 0 Å². The fraction of sp³-hybridized carbons (Fsp3) is 0.348. The number of carbonyl (C=O) groups is 2. The molecule has 3 aliphatic rings. The lowest BCUT2D eigenvalue weighted by molar-refractivity contribution is -0.137. The summed E-state index contributed by atoms with van der Waals surface area (Å²) in [6.45, 7) is 3.62. The van der Waals surface area contributed by atoms with E-state index in [9.17, 15) is 9.59 Å². The highest BCUT2D eigenvalue weighted by Gasteiger charge is 2.54. The monoisotopic (exact) mass is 419 g/mol. The lowest BCUT2D eigenvalue weighted by Gasteiger charge is -2.40. The van der Waals surface area contributed by atoms with E-state index in [0.717, 1.165) is 22.6 Å². The van der Waals surface area contributed by atoms with Crippen molar-refractivity contribution in [2.24, 2.45) is 4.99 Å². The summed E-state index contributed by atoms with van der Waals surface area (Å²) in [6, 6.07) is 14.8. The van der Waals surface area contributed by atoms with Crippen molar-refractivity contribution in [1.29, 1.82) is 0 Å². The van der Waals surface area contributed by atoms with Crippen molar-refractivity contribution in [2.75, 3.05) is 32.1 Å². The number of ether oxygens (including phenoxy) is 1. The van der Waals surface area contributed by atoms with Crippen LogP contribution in [0.2, 0.25) is 0 Å². The van der Waals surface area contributed by atoms with Gasteiger partial charge in [0, 0.05) is 20.1 Å². The average Bonchev–Trinajstić information content (AvgIpc) is 3.36. The molecule has 8 nitrogen and oxygen atoms in total. The fourth-order valence-electron chi connectivity index (χ4n) is 4.54. The number of nitrogens with zero attached hydrogens (tertiary/aromatic N) is 5. The summed E-state index contributed by atoms with van der Waals surface area (Å²) in [5.74, 6) is 1.26. The molecule has 3 aliphatic heterocycles. The maximum Gasteiger partial charge on any atom is 0.328 e. The fourth-order valence-corrected chi connectivity index (χ4v) is 4.54. The number of imide groups is 1. The Hall–Kier alpha value is -3.55. The third-order valence-corrected chi connectivity index (χ3v) is 6.21. The Morgan fingerprint density at radius 3 is 2.55 bits per heavy atom. The van der Waals surface area contributed by atoms with Crippen LogP contribution < -0.4 is 9.64 Å². The maximum absolute atomic E-state index is 13.5. The molecule has 3 amide bonds. The highest BCUT2D eigenvalue weighted by atomic mass is 16.5. The number of carbonyl (C=O) groups excluding carboxylic acids is 2. The molecule has 2 aromatic rings. The third-order valence-electron chi connectivity index (χ3n) is 6.21. The lowest BCUT2D eigenvalue weighted by atomic mass is 10.1. The molecule has 3 heterocycles. The van der Waals surface area contributed by atoms with Crippen LogP contribution in [0.5, 0.6) is 5.75 Å². The molecule has 2 fully saturated rings. The number of fused-ring (bicyclic) bond motifs is 3. The van der Waals surface area contributed by atoms with Gasteiger partial charge in [0.15, 0.2) is 12.2 Å². The average molecular weight is 419 g/mol. The van der Waals surface area contributed by atoms with Crippen molar-refractivity contribution in [3.8, 4) is 5.75 Å². The smallest absolute Gasteiger partial charge is 0.328 e. The number of hydrogen-bond acceptors (Lipinski definition) is 6. The summed E-state index contributed by atoms with van der Waals surface area (Å²) in [5.41, 5.74) is 2.97. The van der Waals surface area contributed by atoms with Crippen LogP contribution in [0.1, 0.15) is 11.1 Å². The summed E-state index contributed by atoms with van der Waals surface area (Å²) in [7, 11) is 3.36. The molecule has 31 heavy (non-hydrogen) atoms. The second-order valence-corrected chi connectivity index (χ2v) is 8.11. The number of urea groups is 1. The van der Waals surface area contributed by atoms with Crippen LogP contribution in [0, 0.1) is 6.92 Å². The number of aryl methyl sites for hydroxylation is 1. The number of likely N-dealkylation sites (N-methyl/N-ethyl adjacent to an activating group) is 1. The number of benzene rings is 2. The molecular weight excluding hydrogens is 394 g/mol. The number of amides is 3. The van der Waals surface area contributed by atoms with Gasteiger partial charge in [-0.1, -0.05) is 42.0 Å². The number of hydrogen-bond donors (Lipinski definition) is 0. The molecule has 2 saturated heterocycles. The van der Waals surface area contributed by atoms with Gasteiger partial charge in [0.25, 0.3) is 5.91 Å². The summed E-state index contributed by atoms with van der Waals surface area (Å²) >= 11 is 0. The molecule has 160 valence electrons. The van der Waals surface area contributed by atoms with E-state index in [1.165, 1.54) is 4.90 Å². The van der Waals surface area contributed by atoms with E-state index in [4.69, 9.17) is 9.73 Å². The van der Waals surface area contributed by atoms with Gasteiger partial charge in [0.2, 0.25) is 5.96 Å². The first kappa shape index (κ1) is 19.4. The van der Waals surface area contributed by atoms with Gasteiger partial charge in [-0.2, -0.15) is 0 Å². The number of anilines is 1. The van der Waals surface area contributed by atoms with Crippen molar-refractivity contribution in [2.45, 2.75) is 25.7 Å². The van der Waals surface area contributed by atoms with Crippen molar-refractivity contribution in [3.05, 3.63) is 59.7 Å². The van der Waals surface area contributed by atoms with E-state index >= 15 is 0 Å². The standard InChI is InChI=1S/C23H25N5O3/c1-15-8-10-16(11-9-15)14-28-21(29)19-20(25(2)23(28)30)24-22-26(12-13-27(19)22)17-6-4-5-7-18(17)31-3/h4-11,19-20H,12-14H2,1-3H3. The van der Waals surface area contributed by atoms with Gasteiger partial charge in [0.05, 0.1) is 19.3 Å². The minimum absolute atomic E-state index is 0.200. The quantitative estimate of drug-likeness (QED) is 0.761. The predicted octanol–water partition coefficient (Wildman–Crippen LogP) is 2.28. The number of methoxy groups -OCH3 is 1. The Morgan fingerprint density at radius 1 is 1.06 bits per heavy atom. The van der Waals surface area contributed by atoms with Crippen molar-refractivity contribution in [1.82, 2.24) is 14.7 Å². The molecule has 0 N–H and O–H groups in total. The number of para-hydroxylation sites is 2. The molecule has 0 aliphatic carbocycles. The molecule has 2 atom stereocenters. The van der Waals surface area contributed by atoms with Crippen LogP contribution >= 0.6 is 0 Å². The van der Waals surface area contributed by atoms with Gasteiger partial charge >= 0.3 is 6.03 Å². The zero-order chi connectivity index (χ0) is 21.7. The highest BCUT2D eigenvalue weighted by molar-refractivity contribution is 6.08. The summed E-state index contributed by atoms with van der Waals surface area (Å²) < 4.78 is 5.52. The molecule has 0 spiro atoms. The van der Waals surface area contributed by atoms with Crippen LogP contribution in [0.15, 0.2) is 53.5 Å². The van der Waals surface area contributed by atoms with Crippen molar-refractivity contribution < 1.29 is 14.3 Å². The number of aliphatic imine (C=N–C) groups is 1. The second-order valence-electron chi connectivity index (χ2n) is 8.11. The minimum Gasteiger partial charge on any atom is -0.495 e.